The van der Waals surface area contributed by atoms with E-state index in [4.69, 9.17) is 9.90 Å². The zero-order valence-electron chi connectivity index (χ0n) is 22.4. The molecule has 0 aliphatic carbocycles. The smallest absolute Gasteiger partial charge is 0.216 e. The number of para-hydroxylation sites is 1. The van der Waals surface area contributed by atoms with Gasteiger partial charge < -0.3 is 4.42 Å². The Kier molecular flexibility index (Phi) is 4.00. The van der Waals surface area contributed by atoms with E-state index in [1.807, 2.05) is 48.1 Å². The van der Waals surface area contributed by atoms with Crippen LogP contribution in [0.5, 0.6) is 0 Å². The van der Waals surface area contributed by atoms with E-state index < -0.39 is 18.6 Å². The maximum absolute atomic E-state index is 14.6. The van der Waals surface area contributed by atoms with Gasteiger partial charge in [0.05, 0.1) is 5.56 Å². The van der Waals surface area contributed by atoms with Crippen LogP contribution in [0.1, 0.15) is 30.4 Å². The molecule has 2 heterocycles. The average Bonchev–Trinajstić information content (AvgIpc) is 3.18. The van der Waals surface area contributed by atoms with Crippen LogP contribution in [-0.2, 0) is 13.5 Å². The third kappa shape index (κ3) is 3.48. The molecule has 0 saturated heterocycles. The Labute approximate surface area is 193 Å². The molecule has 3 aromatic carbocycles. The van der Waals surface area contributed by atoms with Crippen LogP contribution in [-0.4, -0.2) is 0 Å². The van der Waals surface area contributed by atoms with Gasteiger partial charge in [-0.1, -0.05) is 50.2 Å². The molecule has 2 nitrogen and oxygen atoms in total. The van der Waals surface area contributed by atoms with Crippen LogP contribution >= 0.6 is 0 Å². The summed E-state index contributed by atoms with van der Waals surface area (Å²) in [6, 6.07) is 20.8. The number of nitrogens with zero attached hydrogens (tertiary/aromatic N) is 1. The summed E-state index contributed by atoms with van der Waals surface area (Å²) in [6.07, 6.45) is 1.76. The van der Waals surface area contributed by atoms with E-state index in [9.17, 15) is 4.39 Å². The second-order valence-electron chi connectivity index (χ2n) is 8.41. The summed E-state index contributed by atoms with van der Waals surface area (Å²) >= 11 is 0. The maximum Gasteiger partial charge on any atom is 0.216 e. The minimum Gasteiger partial charge on any atom is -0.455 e. The molecule has 1 atom stereocenters. The van der Waals surface area contributed by atoms with Crippen molar-refractivity contribution in [3.05, 3.63) is 89.9 Å². The topological polar surface area (TPSA) is 17.0 Å². The number of aryl methyl sites for hydroxylation is 2. The summed E-state index contributed by atoms with van der Waals surface area (Å²) < 4.78 is 54.0. The molecular formula is C29H27FNO+. The van der Waals surface area contributed by atoms with Crippen LogP contribution in [0.15, 0.2) is 77.3 Å². The third-order valence-electron chi connectivity index (χ3n) is 5.98. The van der Waals surface area contributed by atoms with Gasteiger partial charge in [-0.2, -0.15) is 0 Å². The first-order valence-corrected chi connectivity index (χ1v) is 10.7. The Balaban J connectivity index is 1.58. The SMILES string of the molecule is [2H]C([2H])([2H])C([2H])(C)Cc1cc(-c2ccc(-c3c(C)ccc4c3oc3ccccc34)[n+](C)c2)ccc1F. The highest BCUT2D eigenvalue weighted by atomic mass is 19.1. The Morgan fingerprint density at radius 2 is 1.84 bits per heavy atom. The Bertz CT molecular complexity index is 1620. The minimum absolute atomic E-state index is 0.208. The van der Waals surface area contributed by atoms with Crippen LogP contribution in [0.25, 0.3) is 44.3 Å². The lowest BCUT2D eigenvalue weighted by Crippen LogP contribution is -2.31. The van der Waals surface area contributed by atoms with E-state index >= 15 is 0 Å². The van der Waals surface area contributed by atoms with Gasteiger partial charge in [0.25, 0.3) is 0 Å². The summed E-state index contributed by atoms with van der Waals surface area (Å²) in [6.45, 7) is 0.867. The summed E-state index contributed by atoms with van der Waals surface area (Å²) in [4.78, 5) is 0. The van der Waals surface area contributed by atoms with Crippen molar-refractivity contribution in [2.24, 2.45) is 12.9 Å². The Hall–Kier alpha value is -3.46. The molecule has 5 aromatic rings. The van der Waals surface area contributed by atoms with Crippen LogP contribution in [0.2, 0.25) is 0 Å². The molecule has 160 valence electrons. The molecule has 5 rings (SSSR count). The summed E-state index contributed by atoms with van der Waals surface area (Å²) in [5.41, 5.74) is 6.60. The second kappa shape index (κ2) is 7.90. The first-order valence-electron chi connectivity index (χ1n) is 12.7. The predicted octanol–water partition coefficient (Wildman–Crippen LogP) is 7.39. The molecule has 0 aliphatic heterocycles. The highest BCUT2D eigenvalue weighted by Crippen LogP contribution is 2.37. The van der Waals surface area contributed by atoms with E-state index in [1.165, 1.54) is 13.0 Å². The van der Waals surface area contributed by atoms with Crippen molar-refractivity contribution in [2.45, 2.75) is 27.1 Å². The van der Waals surface area contributed by atoms with E-state index in [0.717, 1.165) is 49.9 Å². The van der Waals surface area contributed by atoms with E-state index in [0.29, 0.717) is 0 Å². The van der Waals surface area contributed by atoms with Crippen LogP contribution < -0.4 is 4.57 Å². The predicted molar refractivity (Wildman–Crippen MR) is 129 cm³/mol. The third-order valence-corrected chi connectivity index (χ3v) is 5.98. The monoisotopic (exact) mass is 428 g/mol. The zero-order chi connectivity index (χ0) is 25.8. The normalized spacial score (nSPS) is 15.8. The lowest BCUT2D eigenvalue weighted by atomic mass is 9.97. The van der Waals surface area contributed by atoms with E-state index in [1.54, 1.807) is 12.1 Å². The molecular weight excluding hydrogens is 397 g/mol. The molecule has 0 aliphatic rings. The highest BCUT2D eigenvalue weighted by molar-refractivity contribution is 6.09. The molecule has 0 fully saturated rings. The molecule has 2 aromatic heterocycles. The first kappa shape index (κ1) is 16.2. The largest absolute Gasteiger partial charge is 0.455 e. The fourth-order valence-corrected chi connectivity index (χ4v) is 4.42. The summed E-state index contributed by atoms with van der Waals surface area (Å²) in [5, 5.41) is 2.14. The summed E-state index contributed by atoms with van der Waals surface area (Å²) in [5.74, 6) is -2.29. The molecule has 3 heteroatoms. The molecule has 0 spiro atoms. The van der Waals surface area contributed by atoms with Gasteiger partial charge in [0.1, 0.15) is 24.0 Å². The van der Waals surface area contributed by atoms with Crippen molar-refractivity contribution in [3.63, 3.8) is 0 Å². The second-order valence-corrected chi connectivity index (χ2v) is 8.41. The number of pyridine rings is 1. The minimum atomic E-state index is -2.51. The maximum atomic E-state index is 14.6. The Morgan fingerprint density at radius 3 is 2.66 bits per heavy atom. The van der Waals surface area contributed by atoms with Crippen molar-refractivity contribution < 1.29 is 18.9 Å². The van der Waals surface area contributed by atoms with Crippen molar-refractivity contribution >= 4 is 21.9 Å². The van der Waals surface area contributed by atoms with Gasteiger partial charge in [-0.25, -0.2) is 8.96 Å². The van der Waals surface area contributed by atoms with Crippen LogP contribution in [0, 0.1) is 18.6 Å². The van der Waals surface area contributed by atoms with Gasteiger partial charge in [-0.3, -0.25) is 0 Å². The first-order chi connectivity index (χ1) is 17.0. The lowest BCUT2D eigenvalue weighted by Gasteiger charge is -2.10. The van der Waals surface area contributed by atoms with Crippen molar-refractivity contribution in [3.8, 4) is 22.4 Å². The number of furan rings is 1. The van der Waals surface area contributed by atoms with Gasteiger partial charge in [0, 0.05) is 27.9 Å². The average molecular weight is 429 g/mol. The van der Waals surface area contributed by atoms with Gasteiger partial charge in [0.15, 0.2) is 6.20 Å². The van der Waals surface area contributed by atoms with Crippen LogP contribution in [0.3, 0.4) is 0 Å². The van der Waals surface area contributed by atoms with Crippen molar-refractivity contribution in [1.82, 2.24) is 0 Å². The molecule has 0 N–H and O–H groups in total. The van der Waals surface area contributed by atoms with Gasteiger partial charge >= 0.3 is 0 Å². The molecule has 0 amide bonds. The molecule has 0 radical (unpaired) electrons. The van der Waals surface area contributed by atoms with E-state index in [2.05, 4.69) is 25.1 Å². The zero-order valence-corrected chi connectivity index (χ0v) is 18.4. The molecule has 0 bridgehead atoms. The number of rotatable bonds is 4. The van der Waals surface area contributed by atoms with Gasteiger partial charge in [-0.15, -0.1) is 0 Å². The van der Waals surface area contributed by atoms with Crippen LogP contribution in [0.4, 0.5) is 4.39 Å². The number of hydrogen-bond acceptors (Lipinski definition) is 1. The number of hydrogen-bond donors (Lipinski definition) is 0. The lowest BCUT2D eigenvalue weighted by molar-refractivity contribution is -0.659. The van der Waals surface area contributed by atoms with Crippen molar-refractivity contribution in [2.75, 3.05) is 0 Å². The van der Waals surface area contributed by atoms with E-state index in [-0.39, 0.29) is 12.0 Å². The Morgan fingerprint density at radius 1 is 1.03 bits per heavy atom. The molecule has 1 unspecified atom stereocenters. The quantitative estimate of drug-likeness (QED) is 0.273. The summed E-state index contributed by atoms with van der Waals surface area (Å²) in [7, 11) is 1.96. The number of aromatic nitrogens is 1. The fraction of sp³-hybridized carbons (Fsp3) is 0.207. The molecule has 32 heavy (non-hydrogen) atoms. The number of fused-ring (bicyclic) bond motifs is 3. The number of halogens is 1. The van der Waals surface area contributed by atoms with Gasteiger partial charge in [-0.05, 0) is 60.2 Å². The van der Waals surface area contributed by atoms with Crippen molar-refractivity contribution in [1.29, 1.82) is 0 Å². The molecule has 0 saturated carbocycles. The standard InChI is InChI=1S/C29H27FNO/c1-18(2)15-22-16-20(10-13-25(22)30)21-11-14-26(31(4)17-21)28-19(3)9-12-24-23-7-5-6-8-27(23)32-29(24)28/h5-14,16-18H,15H2,1-4H3/q+1/i1D3,18D. The number of benzene rings is 3. The van der Waals surface area contributed by atoms with Gasteiger partial charge in [0.2, 0.25) is 5.69 Å². The fourth-order valence-electron chi connectivity index (χ4n) is 4.42. The highest BCUT2D eigenvalue weighted by Gasteiger charge is 2.21.